The second-order valence-electron chi connectivity index (χ2n) is 16.9. The molecule has 0 radical (unpaired) electrons. The maximum absolute atomic E-state index is 12.1. The summed E-state index contributed by atoms with van der Waals surface area (Å²) < 4.78 is 42.2. The van der Waals surface area contributed by atoms with Gasteiger partial charge >= 0.3 is 5.97 Å². The third-order valence-electron chi connectivity index (χ3n) is 11.9. The van der Waals surface area contributed by atoms with E-state index < -0.39 is 49.3 Å². The monoisotopic (exact) mass is 901 g/mol. The number of hydrogen-bond acceptors (Lipinski definition) is 9. The summed E-state index contributed by atoms with van der Waals surface area (Å²) in [6.07, 6.45) is 2.45. The molecule has 1 fully saturated rings. The molecular formula is C57H59NO9. The first-order chi connectivity index (χ1) is 32.9. The van der Waals surface area contributed by atoms with E-state index in [1.807, 2.05) is 91.0 Å². The van der Waals surface area contributed by atoms with Crippen molar-refractivity contribution < 1.29 is 43.4 Å². The van der Waals surface area contributed by atoms with Crippen LogP contribution in [-0.2, 0) is 66.1 Å². The zero-order chi connectivity index (χ0) is 46.2. The molecule has 0 aliphatic carbocycles. The van der Waals surface area contributed by atoms with E-state index in [0.717, 1.165) is 55.4 Å². The van der Waals surface area contributed by atoms with Gasteiger partial charge in [0.25, 0.3) is 0 Å². The summed E-state index contributed by atoms with van der Waals surface area (Å²) in [5.41, 5.74) is 9.51. The second kappa shape index (κ2) is 24.0. The Bertz CT molecular complexity index is 2600. The maximum Gasteiger partial charge on any atom is 0.309 e. The molecule has 6 atom stereocenters. The average Bonchev–Trinajstić information content (AvgIpc) is 3.74. The molecule has 6 aromatic carbocycles. The molecule has 1 aromatic heterocycles. The molecule has 0 amide bonds. The largest absolute Gasteiger partial charge is 0.463 e. The van der Waals surface area contributed by atoms with Crippen molar-refractivity contribution in [3.05, 3.63) is 221 Å². The Labute approximate surface area is 392 Å². The standard InChI is InChI=1S/C57H59NO9/c1-41-16-14-26-50-53(41)48(32-43-30-28-42(29-31-43)25-15-27-52(61)63-39-49(60)34-59)33-58(50)57-56(66-38-47-23-12-5-13-24-47)55(65-37-46-21-10-4-11-22-46)54(64-36-45-19-8-3-9-20-45)51(67-57)40-62-35-44-17-6-2-7-18-44/h2-26,28-31,33,49,51,54-57,59-60H,27,32,34-40H2,1H3/b25-15+/t49-,51-,54-,55+,56-,57-/m1/s1. The van der Waals surface area contributed by atoms with Crippen molar-refractivity contribution in [2.45, 2.75) is 82.9 Å². The Morgan fingerprint density at radius 3 is 1.79 bits per heavy atom. The molecular weight excluding hydrogens is 843 g/mol. The number of hydrogen-bond donors (Lipinski definition) is 2. The van der Waals surface area contributed by atoms with E-state index in [1.165, 1.54) is 0 Å². The molecule has 2 heterocycles. The number of rotatable bonds is 22. The highest BCUT2D eigenvalue weighted by molar-refractivity contribution is 5.87. The second-order valence-corrected chi connectivity index (χ2v) is 16.9. The van der Waals surface area contributed by atoms with Crippen LogP contribution in [0, 0.1) is 6.92 Å². The van der Waals surface area contributed by atoms with Crippen LogP contribution in [0.1, 0.15) is 57.2 Å². The van der Waals surface area contributed by atoms with Crippen molar-refractivity contribution in [3.63, 3.8) is 0 Å². The number of benzene rings is 6. The van der Waals surface area contributed by atoms with E-state index in [2.05, 4.69) is 96.6 Å². The third kappa shape index (κ3) is 13.0. The smallest absolute Gasteiger partial charge is 0.309 e. The molecule has 0 spiro atoms. The van der Waals surface area contributed by atoms with E-state index in [9.17, 15) is 9.90 Å². The summed E-state index contributed by atoms with van der Waals surface area (Å²) in [7, 11) is 0. The van der Waals surface area contributed by atoms with Crippen molar-refractivity contribution >= 4 is 22.9 Å². The van der Waals surface area contributed by atoms with Crippen molar-refractivity contribution in [1.29, 1.82) is 0 Å². The summed E-state index contributed by atoms with van der Waals surface area (Å²) in [4.78, 5) is 12.1. The van der Waals surface area contributed by atoms with Gasteiger partial charge in [0.2, 0.25) is 0 Å². The van der Waals surface area contributed by atoms with Crippen LogP contribution in [0.15, 0.2) is 176 Å². The molecule has 2 N–H and O–H groups in total. The van der Waals surface area contributed by atoms with Crippen LogP contribution in [0.3, 0.4) is 0 Å². The summed E-state index contributed by atoms with van der Waals surface area (Å²) >= 11 is 0. The van der Waals surface area contributed by atoms with E-state index in [4.69, 9.17) is 33.5 Å². The number of carbonyl (C=O) groups excluding carboxylic acids is 1. The van der Waals surface area contributed by atoms with E-state index in [-0.39, 0.29) is 19.6 Å². The van der Waals surface area contributed by atoms with E-state index >= 15 is 0 Å². The number of fused-ring (bicyclic) bond motifs is 1. The van der Waals surface area contributed by atoms with E-state index in [1.54, 1.807) is 6.08 Å². The molecule has 346 valence electrons. The fourth-order valence-electron chi connectivity index (χ4n) is 8.48. The molecule has 0 unspecified atom stereocenters. The van der Waals surface area contributed by atoms with Gasteiger partial charge in [0.1, 0.15) is 37.1 Å². The maximum atomic E-state index is 12.1. The van der Waals surface area contributed by atoms with Crippen LogP contribution in [0.5, 0.6) is 0 Å². The van der Waals surface area contributed by atoms with Gasteiger partial charge in [-0.05, 0) is 63.9 Å². The van der Waals surface area contributed by atoms with Crippen molar-refractivity contribution in [3.8, 4) is 0 Å². The number of esters is 1. The van der Waals surface area contributed by atoms with Crippen LogP contribution >= 0.6 is 0 Å². The SMILES string of the molecule is Cc1cccc2c1c(Cc1ccc(/C=C/CC(=O)OC[C@H](O)CO)cc1)cn2[C@@H]1O[C@H](COCc2ccccc2)[C@@H](OCc2ccccc2)[C@H](OCc2ccccc2)[C@H]1OCc1ccccc1. The fraction of sp³-hybridized carbons (Fsp3) is 0.281. The minimum atomic E-state index is -1.09. The summed E-state index contributed by atoms with van der Waals surface area (Å²) in [6, 6.07) is 55.3. The van der Waals surface area contributed by atoms with Gasteiger partial charge in [-0.3, -0.25) is 4.79 Å². The van der Waals surface area contributed by atoms with Gasteiger partial charge < -0.3 is 43.2 Å². The Kier molecular flexibility index (Phi) is 16.9. The topological polar surface area (TPSA) is 118 Å². The molecule has 67 heavy (non-hydrogen) atoms. The summed E-state index contributed by atoms with van der Waals surface area (Å²) in [5.74, 6) is -0.475. The highest BCUT2D eigenvalue weighted by Crippen LogP contribution is 2.39. The van der Waals surface area contributed by atoms with Gasteiger partial charge in [-0.2, -0.15) is 0 Å². The molecule has 8 rings (SSSR count). The predicted octanol–water partition coefficient (Wildman–Crippen LogP) is 9.71. The van der Waals surface area contributed by atoms with Crippen LogP contribution in [0.4, 0.5) is 0 Å². The summed E-state index contributed by atoms with van der Waals surface area (Å²) in [5, 5.41) is 19.6. The highest BCUT2D eigenvalue weighted by atomic mass is 16.6. The first-order valence-corrected chi connectivity index (χ1v) is 22.9. The lowest BCUT2D eigenvalue weighted by Crippen LogP contribution is -2.59. The minimum absolute atomic E-state index is 0.0516. The fourth-order valence-corrected chi connectivity index (χ4v) is 8.48. The molecule has 7 aromatic rings. The number of aryl methyl sites for hydroxylation is 1. The van der Waals surface area contributed by atoms with Gasteiger partial charge in [0, 0.05) is 11.6 Å². The van der Waals surface area contributed by atoms with Gasteiger partial charge in [-0.1, -0.05) is 170 Å². The Morgan fingerprint density at radius 2 is 1.21 bits per heavy atom. The number of carbonyl (C=O) groups is 1. The van der Waals surface area contributed by atoms with Gasteiger partial charge in [-0.15, -0.1) is 0 Å². The van der Waals surface area contributed by atoms with Gasteiger partial charge in [-0.25, -0.2) is 0 Å². The van der Waals surface area contributed by atoms with Crippen LogP contribution in [0.25, 0.3) is 17.0 Å². The zero-order valence-electron chi connectivity index (χ0n) is 37.8. The van der Waals surface area contributed by atoms with Crippen LogP contribution in [0.2, 0.25) is 0 Å². The molecule has 10 heteroatoms. The van der Waals surface area contributed by atoms with Gasteiger partial charge in [0.05, 0.1) is 51.6 Å². The Balaban J connectivity index is 1.14. The molecule has 0 bridgehead atoms. The Morgan fingerprint density at radius 1 is 0.657 bits per heavy atom. The zero-order valence-corrected chi connectivity index (χ0v) is 37.8. The number of nitrogens with zero attached hydrogens (tertiary/aromatic N) is 1. The molecule has 1 aliphatic heterocycles. The average molecular weight is 902 g/mol. The normalized spacial score (nSPS) is 18.9. The Hall–Kier alpha value is -6.21. The van der Waals surface area contributed by atoms with Crippen LogP contribution in [-0.4, -0.2) is 71.1 Å². The minimum Gasteiger partial charge on any atom is -0.463 e. The van der Waals surface area contributed by atoms with Crippen molar-refractivity contribution in [2.75, 3.05) is 19.8 Å². The number of aliphatic hydroxyl groups excluding tert-OH is 2. The number of aliphatic hydroxyl groups is 2. The first kappa shape index (κ1) is 47.3. The lowest BCUT2D eigenvalue weighted by atomic mass is 9.96. The van der Waals surface area contributed by atoms with E-state index in [0.29, 0.717) is 32.8 Å². The molecule has 0 saturated carbocycles. The highest BCUT2D eigenvalue weighted by Gasteiger charge is 2.49. The first-order valence-electron chi connectivity index (χ1n) is 22.9. The lowest BCUT2D eigenvalue weighted by Gasteiger charge is -2.46. The van der Waals surface area contributed by atoms with Crippen molar-refractivity contribution in [2.24, 2.45) is 0 Å². The molecule has 1 saturated heterocycles. The predicted molar refractivity (Wildman–Crippen MR) is 259 cm³/mol. The third-order valence-corrected chi connectivity index (χ3v) is 11.9. The quantitative estimate of drug-likeness (QED) is 0.0642. The van der Waals surface area contributed by atoms with Gasteiger partial charge in [0.15, 0.2) is 6.23 Å². The van der Waals surface area contributed by atoms with Crippen molar-refractivity contribution in [1.82, 2.24) is 4.57 Å². The lowest BCUT2D eigenvalue weighted by molar-refractivity contribution is -0.289. The number of ether oxygens (including phenoxy) is 6. The van der Waals surface area contributed by atoms with Crippen LogP contribution < -0.4 is 0 Å². The number of aromatic nitrogens is 1. The molecule has 1 aliphatic rings. The molecule has 10 nitrogen and oxygen atoms in total. The summed E-state index contributed by atoms with van der Waals surface area (Å²) in [6.45, 7) is 3.12.